The summed E-state index contributed by atoms with van der Waals surface area (Å²) in [4.78, 5) is 16.6. The molecule has 2 fully saturated rings. The topological polar surface area (TPSA) is 64.0 Å². The van der Waals surface area contributed by atoms with Gasteiger partial charge >= 0.3 is 0 Å². The van der Waals surface area contributed by atoms with E-state index in [2.05, 4.69) is 4.90 Å². The molecule has 0 radical (unpaired) electrons. The molecule has 1 atom stereocenters. The van der Waals surface area contributed by atoms with E-state index in [1.165, 1.54) is 12.1 Å². The van der Waals surface area contributed by atoms with Gasteiger partial charge in [-0.1, -0.05) is 0 Å². The monoisotopic (exact) mass is 336 g/mol. The molecule has 5 nitrogen and oxygen atoms in total. The summed E-state index contributed by atoms with van der Waals surface area (Å²) in [7, 11) is 0. The van der Waals surface area contributed by atoms with E-state index in [4.69, 9.17) is 0 Å². The van der Waals surface area contributed by atoms with Crippen molar-refractivity contribution >= 4 is 5.91 Å². The Morgan fingerprint density at radius 2 is 1.96 bits per heavy atom. The molecule has 132 valence electrons. The number of carbonyl (C=O) groups excluding carboxylic acids is 1. The summed E-state index contributed by atoms with van der Waals surface area (Å²) in [5.41, 5.74) is 0.0181. The average molecular weight is 336 g/mol. The first-order chi connectivity index (χ1) is 11.6. The summed E-state index contributed by atoms with van der Waals surface area (Å²) in [6, 6.07) is 4.09. The summed E-state index contributed by atoms with van der Waals surface area (Å²) in [6.45, 7) is 3.46. The van der Waals surface area contributed by atoms with Gasteiger partial charge in [0, 0.05) is 38.3 Å². The quantitative estimate of drug-likeness (QED) is 0.884. The van der Waals surface area contributed by atoms with Gasteiger partial charge in [-0.05, 0) is 50.3 Å². The van der Waals surface area contributed by atoms with Crippen LogP contribution in [0.15, 0.2) is 18.2 Å². The third kappa shape index (κ3) is 3.70. The molecule has 2 aliphatic heterocycles. The van der Waals surface area contributed by atoms with E-state index >= 15 is 0 Å². The summed E-state index contributed by atoms with van der Waals surface area (Å²) in [5.74, 6) is -0.794. The number of likely N-dealkylation sites (tertiary alicyclic amines) is 2. The lowest BCUT2D eigenvalue weighted by Crippen LogP contribution is -2.50. The van der Waals surface area contributed by atoms with Crippen LogP contribution in [0.25, 0.3) is 0 Å². The van der Waals surface area contributed by atoms with Gasteiger partial charge in [0.25, 0.3) is 5.91 Å². The van der Waals surface area contributed by atoms with Crippen LogP contribution in [0.1, 0.15) is 36.0 Å². The number of hydrogen-bond acceptors (Lipinski definition) is 4. The Hall–Kier alpha value is -1.66. The van der Waals surface area contributed by atoms with Gasteiger partial charge < -0.3 is 15.1 Å². The molecule has 1 aromatic rings. The van der Waals surface area contributed by atoms with Gasteiger partial charge in [0.2, 0.25) is 0 Å². The second-order valence-corrected chi connectivity index (χ2v) is 6.87. The van der Waals surface area contributed by atoms with Gasteiger partial charge in [0.15, 0.2) is 0 Å². The molecule has 2 aliphatic rings. The van der Waals surface area contributed by atoms with Crippen molar-refractivity contribution in [3.05, 3.63) is 29.6 Å². The van der Waals surface area contributed by atoms with E-state index in [0.717, 1.165) is 44.8 Å². The van der Waals surface area contributed by atoms with Crippen LogP contribution in [0.3, 0.4) is 0 Å². The average Bonchev–Trinajstić information content (AvgIpc) is 2.61. The molecular formula is C18H25FN2O3. The van der Waals surface area contributed by atoms with Gasteiger partial charge in [-0.25, -0.2) is 4.39 Å². The van der Waals surface area contributed by atoms with Crippen LogP contribution in [0.2, 0.25) is 0 Å². The molecule has 2 N–H and O–H groups in total. The second kappa shape index (κ2) is 7.49. The van der Waals surface area contributed by atoms with E-state index in [-0.39, 0.29) is 23.8 Å². The van der Waals surface area contributed by atoms with E-state index < -0.39 is 5.82 Å². The normalized spacial score (nSPS) is 23.4. The summed E-state index contributed by atoms with van der Waals surface area (Å²) >= 11 is 0. The zero-order chi connectivity index (χ0) is 17.1. The fraction of sp³-hybridized carbons (Fsp3) is 0.611. The largest absolute Gasteiger partial charge is 0.508 e. The zero-order valence-corrected chi connectivity index (χ0v) is 13.8. The lowest BCUT2D eigenvalue weighted by atomic mass is 9.94. The van der Waals surface area contributed by atoms with Crippen LogP contribution in [-0.2, 0) is 0 Å². The third-order valence-electron chi connectivity index (χ3n) is 5.26. The third-order valence-corrected chi connectivity index (χ3v) is 5.26. The molecule has 3 rings (SSSR count). The standard InChI is InChI=1S/C18H25FN2O3/c19-17-10-15(23)3-4-16(17)18(24)20-8-5-14(6-9-20)21-7-1-2-13(11-21)12-22/h3-4,10,13-14,22-23H,1-2,5-9,11-12H2/t13-/m1/s1. The van der Waals surface area contributed by atoms with Crippen molar-refractivity contribution in [1.82, 2.24) is 9.80 Å². The summed E-state index contributed by atoms with van der Waals surface area (Å²) in [5, 5.41) is 18.6. The number of nitrogens with zero attached hydrogens (tertiary/aromatic N) is 2. The number of piperidine rings is 2. The first-order valence-corrected chi connectivity index (χ1v) is 8.71. The predicted octanol–water partition coefficient (Wildman–Crippen LogP) is 1.84. The molecule has 1 amide bonds. The Morgan fingerprint density at radius 3 is 2.62 bits per heavy atom. The number of halogens is 1. The summed E-state index contributed by atoms with van der Waals surface area (Å²) < 4.78 is 13.9. The minimum absolute atomic E-state index is 0.0181. The number of amides is 1. The van der Waals surface area contributed by atoms with Crippen molar-refractivity contribution in [1.29, 1.82) is 0 Å². The molecule has 24 heavy (non-hydrogen) atoms. The van der Waals surface area contributed by atoms with Crippen molar-refractivity contribution in [3.63, 3.8) is 0 Å². The van der Waals surface area contributed by atoms with Gasteiger partial charge in [-0.2, -0.15) is 0 Å². The first kappa shape index (κ1) is 17.2. The first-order valence-electron chi connectivity index (χ1n) is 8.71. The maximum atomic E-state index is 13.9. The molecule has 0 aromatic heterocycles. The van der Waals surface area contributed by atoms with Crippen LogP contribution in [0, 0.1) is 11.7 Å². The van der Waals surface area contributed by atoms with E-state index in [0.29, 0.717) is 25.0 Å². The fourth-order valence-corrected chi connectivity index (χ4v) is 3.86. The SMILES string of the molecule is O=C(c1ccc(O)cc1F)N1CCC(N2CCC[C@@H](CO)C2)CC1. The number of carbonyl (C=O) groups is 1. The van der Waals surface area contributed by atoms with Crippen molar-refractivity contribution < 1.29 is 19.4 Å². The van der Waals surface area contributed by atoms with Crippen LogP contribution < -0.4 is 0 Å². The Balaban J connectivity index is 1.57. The molecule has 2 heterocycles. The van der Waals surface area contributed by atoms with E-state index in [1.54, 1.807) is 4.90 Å². The Labute approximate surface area is 141 Å². The highest BCUT2D eigenvalue weighted by Gasteiger charge is 2.30. The van der Waals surface area contributed by atoms with Crippen molar-refractivity contribution in [2.45, 2.75) is 31.7 Å². The molecule has 2 saturated heterocycles. The Morgan fingerprint density at radius 1 is 1.21 bits per heavy atom. The molecule has 0 aliphatic carbocycles. The molecule has 6 heteroatoms. The molecule has 0 spiro atoms. The van der Waals surface area contributed by atoms with E-state index in [9.17, 15) is 19.4 Å². The number of phenols is 1. The highest BCUT2D eigenvalue weighted by molar-refractivity contribution is 5.94. The predicted molar refractivity (Wildman–Crippen MR) is 88.4 cm³/mol. The minimum Gasteiger partial charge on any atom is -0.508 e. The van der Waals surface area contributed by atoms with Crippen LogP contribution >= 0.6 is 0 Å². The van der Waals surface area contributed by atoms with Gasteiger partial charge in [0.05, 0.1) is 5.56 Å². The van der Waals surface area contributed by atoms with Gasteiger partial charge in [0.1, 0.15) is 11.6 Å². The molecule has 0 saturated carbocycles. The number of phenolic OH excluding ortho intramolecular Hbond substituents is 1. The molecule has 1 aromatic carbocycles. The smallest absolute Gasteiger partial charge is 0.256 e. The van der Waals surface area contributed by atoms with Crippen molar-refractivity contribution in [2.24, 2.45) is 5.92 Å². The Bertz CT molecular complexity index is 588. The van der Waals surface area contributed by atoms with Gasteiger partial charge in [-0.15, -0.1) is 0 Å². The highest BCUT2D eigenvalue weighted by Crippen LogP contribution is 2.25. The number of aliphatic hydroxyl groups excluding tert-OH is 1. The van der Waals surface area contributed by atoms with Crippen LogP contribution in [0.5, 0.6) is 5.75 Å². The van der Waals surface area contributed by atoms with Crippen LogP contribution in [0.4, 0.5) is 4.39 Å². The number of rotatable bonds is 3. The van der Waals surface area contributed by atoms with Crippen LogP contribution in [-0.4, -0.2) is 64.7 Å². The summed E-state index contributed by atoms with van der Waals surface area (Å²) in [6.07, 6.45) is 3.96. The number of hydrogen-bond donors (Lipinski definition) is 2. The molecule has 0 bridgehead atoms. The number of benzene rings is 1. The second-order valence-electron chi connectivity index (χ2n) is 6.87. The lowest BCUT2D eigenvalue weighted by molar-refractivity contribution is 0.0452. The minimum atomic E-state index is -0.677. The maximum Gasteiger partial charge on any atom is 0.256 e. The van der Waals surface area contributed by atoms with Crippen molar-refractivity contribution in [3.8, 4) is 5.75 Å². The number of aromatic hydroxyl groups is 1. The number of aliphatic hydroxyl groups is 1. The lowest BCUT2D eigenvalue weighted by Gasteiger charge is -2.42. The van der Waals surface area contributed by atoms with Crippen molar-refractivity contribution in [2.75, 3.05) is 32.8 Å². The van der Waals surface area contributed by atoms with Gasteiger partial charge in [-0.3, -0.25) is 9.69 Å². The maximum absolute atomic E-state index is 13.9. The molecule has 0 unspecified atom stereocenters. The fourth-order valence-electron chi connectivity index (χ4n) is 3.86. The zero-order valence-electron chi connectivity index (χ0n) is 13.8. The van der Waals surface area contributed by atoms with E-state index in [1.807, 2.05) is 0 Å². The Kier molecular flexibility index (Phi) is 5.36. The molecular weight excluding hydrogens is 311 g/mol. The highest BCUT2D eigenvalue weighted by atomic mass is 19.1.